The molecule has 0 fully saturated rings. The SMILES string of the molecule is O=Cc1ccc(-c2cc(Cl)ccc2Oc2ccc(Cl)cc2)o1. The maximum absolute atomic E-state index is 10.8. The molecule has 0 aliphatic carbocycles. The third-order valence-electron chi connectivity index (χ3n) is 2.99. The van der Waals surface area contributed by atoms with Crippen LogP contribution in [0.3, 0.4) is 0 Å². The van der Waals surface area contributed by atoms with E-state index >= 15 is 0 Å². The summed E-state index contributed by atoms with van der Waals surface area (Å²) in [5.74, 6) is 1.95. The van der Waals surface area contributed by atoms with Crippen molar-refractivity contribution in [2.75, 3.05) is 0 Å². The molecule has 0 N–H and O–H groups in total. The molecule has 3 aromatic rings. The van der Waals surface area contributed by atoms with Gasteiger partial charge in [-0.1, -0.05) is 23.2 Å². The number of aldehydes is 1. The highest BCUT2D eigenvalue weighted by molar-refractivity contribution is 6.31. The van der Waals surface area contributed by atoms with Crippen molar-refractivity contribution in [2.45, 2.75) is 0 Å². The average Bonchev–Trinajstić information content (AvgIpc) is 3.00. The zero-order valence-electron chi connectivity index (χ0n) is 11.3. The molecule has 22 heavy (non-hydrogen) atoms. The van der Waals surface area contributed by atoms with Gasteiger partial charge in [-0.3, -0.25) is 4.79 Å². The minimum atomic E-state index is 0.243. The molecule has 0 atom stereocenters. The van der Waals surface area contributed by atoms with Crippen LogP contribution in [-0.2, 0) is 0 Å². The molecule has 1 heterocycles. The maximum atomic E-state index is 10.8. The third-order valence-corrected chi connectivity index (χ3v) is 3.48. The number of hydrogen-bond donors (Lipinski definition) is 0. The van der Waals surface area contributed by atoms with Gasteiger partial charge in [-0.25, -0.2) is 0 Å². The Bertz CT molecular complexity index is 807. The van der Waals surface area contributed by atoms with Gasteiger partial charge in [0.15, 0.2) is 12.0 Å². The summed E-state index contributed by atoms with van der Waals surface area (Å²) in [5, 5.41) is 1.17. The van der Waals surface area contributed by atoms with Gasteiger partial charge in [-0.2, -0.15) is 0 Å². The predicted octanol–water partition coefficient (Wildman–Crippen LogP) is 5.86. The van der Waals surface area contributed by atoms with Crippen LogP contribution in [0.15, 0.2) is 59.0 Å². The zero-order valence-corrected chi connectivity index (χ0v) is 12.8. The van der Waals surface area contributed by atoms with Gasteiger partial charge in [0.05, 0.1) is 5.56 Å². The van der Waals surface area contributed by atoms with Crippen LogP contribution in [0, 0.1) is 0 Å². The molecule has 3 nitrogen and oxygen atoms in total. The van der Waals surface area contributed by atoms with Crippen LogP contribution in [0.1, 0.15) is 10.6 Å². The van der Waals surface area contributed by atoms with E-state index in [2.05, 4.69) is 0 Å². The van der Waals surface area contributed by atoms with E-state index in [0.717, 1.165) is 0 Å². The highest BCUT2D eigenvalue weighted by Gasteiger charge is 2.12. The first-order chi connectivity index (χ1) is 10.7. The van der Waals surface area contributed by atoms with Crippen molar-refractivity contribution in [1.82, 2.24) is 0 Å². The maximum Gasteiger partial charge on any atom is 0.185 e. The second-order valence-electron chi connectivity index (χ2n) is 4.52. The lowest BCUT2D eigenvalue weighted by molar-refractivity contribution is 0.110. The van der Waals surface area contributed by atoms with E-state index in [-0.39, 0.29) is 5.76 Å². The largest absolute Gasteiger partial charge is 0.457 e. The molecule has 0 amide bonds. The Balaban J connectivity index is 2.00. The molecule has 5 heteroatoms. The Morgan fingerprint density at radius 2 is 1.64 bits per heavy atom. The van der Waals surface area contributed by atoms with Crippen molar-refractivity contribution in [3.05, 3.63) is 70.4 Å². The van der Waals surface area contributed by atoms with Crippen molar-refractivity contribution in [2.24, 2.45) is 0 Å². The van der Waals surface area contributed by atoms with Crippen molar-refractivity contribution >= 4 is 29.5 Å². The summed E-state index contributed by atoms with van der Waals surface area (Å²) in [4.78, 5) is 10.8. The van der Waals surface area contributed by atoms with Crippen LogP contribution in [-0.4, -0.2) is 6.29 Å². The smallest absolute Gasteiger partial charge is 0.185 e. The Hall–Kier alpha value is -2.23. The first-order valence-electron chi connectivity index (χ1n) is 6.44. The molecule has 0 saturated carbocycles. The molecule has 0 unspecified atom stereocenters. The van der Waals surface area contributed by atoms with Gasteiger partial charge in [-0.15, -0.1) is 0 Å². The Morgan fingerprint density at radius 1 is 0.909 bits per heavy atom. The van der Waals surface area contributed by atoms with E-state index in [1.807, 2.05) is 0 Å². The number of halogens is 2. The van der Waals surface area contributed by atoms with Gasteiger partial charge in [0.25, 0.3) is 0 Å². The van der Waals surface area contributed by atoms with Crippen LogP contribution >= 0.6 is 23.2 Å². The van der Waals surface area contributed by atoms with Crippen LogP contribution < -0.4 is 4.74 Å². The summed E-state index contributed by atoms with van der Waals surface area (Å²) in [6.07, 6.45) is 0.647. The quantitative estimate of drug-likeness (QED) is 0.562. The van der Waals surface area contributed by atoms with Crippen LogP contribution in [0.4, 0.5) is 0 Å². The summed E-state index contributed by atoms with van der Waals surface area (Å²) in [7, 11) is 0. The molecule has 0 spiro atoms. The number of rotatable bonds is 4. The minimum absolute atomic E-state index is 0.243. The lowest BCUT2D eigenvalue weighted by Gasteiger charge is -2.10. The first kappa shape index (κ1) is 14.7. The Kier molecular flexibility index (Phi) is 4.18. The highest BCUT2D eigenvalue weighted by Crippen LogP contribution is 2.36. The Morgan fingerprint density at radius 3 is 2.32 bits per heavy atom. The van der Waals surface area contributed by atoms with Gasteiger partial charge < -0.3 is 9.15 Å². The van der Waals surface area contributed by atoms with Crippen LogP contribution in [0.2, 0.25) is 10.0 Å². The number of benzene rings is 2. The van der Waals surface area contributed by atoms with Gasteiger partial charge in [0.2, 0.25) is 0 Å². The average molecular weight is 333 g/mol. The number of ether oxygens (including phenoxy) is 1. The summed E-state index contributed by atoms with van der Waals surface area (Å²) in [5.41, 5.74) is 0.663. The van der Waals surface area contributed by atoms with Gasteiger partial charge in [0, 0.05) is 10.0 Å². The van der Waals surface area contributed by atoms with Crippen molar-refractivity contribution in [3.8, 4) is 22.8 Å². The molecule has 0 aliphatic rings. The molecule has 0 saturated heterocycles. The fourth-order valence-corrected chi connectivity index (χ4v) is 2.27. The fraction of sp³-hybridized carbons (Fsp3) is 0. The topological polar surface area (TPSA) is 39.4 Å². The minimum Gasteiger partial charge on any atom is -0.457 e. The molecule has 3 rings (SSSR count). The van der Waals surface area contributed by atoms with Crippen molar-refractivity contribution < 1.29 is 13.9 Å². The summed E-state index contributed by atoms with van der Waals surface area (Å²) in [6.45, 7) is 0. The number of carbonyl (C=O) groups is 1. The van der Waals surface area contributed by atoms with Crippen LogP contribution in [0.5, 0.6) is 11.5 Å². The summed E-state index contributed by atoms with van der Waals surface area (Å²) >= 11 is 11.9. The lowest BCUT2D eigenvalue weighted by atomic mass is 10.1. The number of carbonyl (C=O) groups excluding carboxylic acids is 1. The van der Waals surface area contributed by atoms with Crippen molar-refractivity contribution in [3.63, 3.8) is 0 Å². The number of hydrogen-bond acceptors (Lipinski definition) is 3. The third kappa shape index (κ3) is 3.16. The molecular formula is C17H10Cl2O3. The lowest BCUT2D eigenvalue weighted by Crippen LogP contribution is -1.87. The molecule has 2 aromatic carbocycles. The highest BCUT2D eigenvalue weighted by atomic mass is 35.5. The van der Waals surface area contributed by atoms with E-state index in [9.17, 15) is 4.79 Å². The molecule has 0 bridgehead atoms. The van der Waals surface area contributed by atoms with E-state index in [1.54, 1.807) is 54.6 Å². The number of furan rings is 1. The van der Waals surface area contributed by atoms with E-state index in [4.69, 9.17) is 32.4 Å². The molecule has 0 radical (unpaired) electrons. The second-order valence-corrected chi connectivity index (χ2v) is 5.39. The second kappa shape index (κ2) is 6.26. The normalized spacial score (nSPS) is 10.5. The summed E-state index contributed by atoms with van der Waals surface area (Å²) < 4.78 is 11.3. The molecule has 0 aliphatic heterocycles. The molecule has 1 aromatic heterocycles. The summed E-state index contributed by atoms with van der Waals surface area (Å²) in [6, 6.07) is 15.5. The van der Waals surface area contributed by atoms with Gasteiger partial charge >= 0.3 is 0 Å². The molecule has 110 valence electrons. The first-order valence-corrected chi connectivity index (χ1v) is 7.19. The van der Waals surface area contributed by atoms with E-state index < -0.39 is 0 Å². The molecular weight excluding hydrogens is 323 g/mol. The standard InChI is InChI=1S/C17H10Cl2O3/c18-11-1-4-13(5-2-11)21-16-7-3-12(19)9-15(16)17-8-6-14(10-20)22-17/h1-10H. The van der Waals surface area contributed by atoms with Crippen molar-refractivity contribution in [1.29, 1.82) is 0 Å². The zero-order chi connectivity index (χ0) is 15.5. The van der Waals surface area contributed by atoms with Gasteiger partial charge in [-0.05, 0) is 54.6 Å². The fourth-order valence-electron chi connectivity index (χ4n) is 1.97. The van der Waals surface area contributed by atoms with Gasteiger partial charge in [0.1, 0.15) is 17.3 Å². The predicted molar refractivity (Wildman–Crippen MR) is 86.1 cm³/mol. The Labute approximate surface area is 137 Å². The van der Waals surface area contributed by atoms with Crippen LogP contribution in [0.25, 0.3) is 11.3 Å². The monoisotopic (exact) mass is 332 g/mol. The van der Waals surface area contributed by atoms with E-state index in [1.165, 1.54) is 0 Å². The van der Waals surface area contributed by atoms with E-state index in [0.29, 0.717) is 39.2 Å².